The van der Waals surface area contributed by atoms with Crippen LogP contribution in [-0.2, 0) is 4.74 Å². The zero-order chi connectivity index (χ0) is 13.1. The molecule has 1 fully saturated rings. The largest absolute Gasteiger partial charge is 0.465 e. The maximum absolute atomic E-state index is 10.9. The van der Waals surface area contributed by atoms with Crippen LogP contribution in [0.1, 0.15) is 46.5 Å². The molecule has 0 aromatic rings. The topological polar surface area (TPSA) is 58.6 Å². The van der Waals surface area contributed by atoms with Crippen LogP contribution < -0.4 is 5.32 Å². The lowest BCUT2D eigenvalue weighted by atomic mass is 9.72. The van der Waals surface area contributed by atoms with E-state index in [4.69, 9.17) is 9.84 Å². The van der Waals surface area contributed by atoms with E-state index < -0.39 is 6.09 Å². The summed E-state index contributed by atoms with van der Waals surface area (Å²) in [5.41, 5.74) is -0.0387. The lowest BCUT2D eigenvalue weighted by Gasteiger charge is -2.40. The first-order chi connectivity index (χ1) is 7.84. The van der Waals surface area contributed by atoms with Gasteiger partial charge in [0.1, 0.15) is 0 Å². The van der Waals surface area contributed by atoms with E-state index in [1.54, 1.807) is 7.11 Å². The van der Waals surface area contributed by atoms with Crippen LogP contribution in [0.25, 0.3) is 0 Å². The first kappa shape index (κ1) is 14.3. The van der Waals surface area contributed by atoms with Gasteiger partial charge in [-0.3, -0.25) is 0 Å². The number of amides is 1. The molecule has 100 valence electrons. The molecule has 0 saturated heterocycles. The number of carboxylic acid groups (broad SMARTS) is 1. The van der Waals surface area contributed by atoms with Gasteiger partial charge < -0.3 is 15.2 Å². The van der Waals surface area contributed by atoms with Crippen molar-refractivity contribution in [3.8, 4) is 0 Å². The smallest absolute Gasteiger partial charge is 0.404 e. The van der Waals surface area contributed by atoms with Crippen molar-refractivity contribution in [2.75, 3.05) is 7.11 Å². The molecule has 0 spiro atoms. The normalized spacial score (nSPS) is 27.5. The standard InChI is InChI=1S/C13H25NO3/c1-13(2,3)11(14-12(15)16)9-5-7-10(17-4)8-6-9/h9-11,14H,5-8H2,1-4H3,(H,15,16). The molecule has 1 atom stereocenters. The van der Waals surface area contributed by atoms with Gasteiger partial charge in [0, 0.05) is 13.2 Å². The Hall–Kier alpha value is -0.770. The highest BCUT2D eigenvalue weighted by molar-refractivity contribution is 5.65. The van der Waals surface area contributed by atoms with Crippen molar-refractivity contribution < 1.29 is 14.6 Å². The van der Waals surface area contributed by atoms with E-state index >= 15 is 0 Å². The predicted octanol–water partition coefficient (Wildman–Crippen LogP) is 2.87. The van der Waals surface area contributed by atoms with Crippen molar-refractivity contribution in [1.29, 1.82) is 0 Å². The molecular formula is C13H25NO3. The molecule has 0 heterocycles. The molecule has 4 heteroatoms. The first-order valence-corrected chi connectivity index (χ1v) is 6.37. The minimum Gasteiger partial charge on any atom is -0.465 e. The van der Waals surface area contributed by atoms with Crippen molar-refractivity contribution in [2.24, 2.45) is 11.3 Å². The van der Waals surface area contributed by atoms with Crippen LogP contribution in [0, 0.1) is 11.3 Å². The third kappa shape index (κ3) is 4.19. The average molecular weight is 243 g/mol. The first-order valence-electron chi connectivity index (χ1n) is 6.37. The van der Waals surface area contributed by atoms with Gasteiger partial charge in [-0.25, -0.2) is 4.79 Å². The van der Waals surface area contributed by atoms with E-state index in [1.165, 1.54) is 0 Å². The molecule has 1 saturated carbocycles. The fourth-order valence-corrected chi connectivity index (χ4v) is 2.83. The molecular weight excluding hydrogens is 218 g/mol. The number of rotatable bonds is 3. The fraction of sp³-hybridized carbons (Fsp3) is 0.923. The van der Waals surface area contributed by atoms with E-state index in [0.29, 0.717) is 12.0 Å². The van der Waals surface area contributed by atoms with Crippen LogP contribution in [0.4, 0.5) is 4.79 Å². The SMILES string of the molecule is COC1CCC(C(NC(=O)O)C(C)(C)C)CC1. The van der Waals surface area contributed by atoms with Gasteiger partial charge >= 0.3 is 6.09 Å². The van der Waals surface area contributed by atoms with Gasteiger partial charge in [-0.05, 0) is 37.0 Å². The zero-order valence-electron chi connectivity index (χ0n) is 11.3. The fourth-order valence-electron chi connectivity index (χ4n) is 2.83. The second-order valence-corrected chi connectivity index (χ2v) is 6.07. The van der Waals surface area contributed by atoms with E-state index in [9.17, 15) is 4.79 Å². The van der Waals surface area contributed by atoms with E-state index in [0.717, 1.165) is 25.7 Å². The monoisotopic (exact) mass is 243 g/mol. The van der Waals surface area contributed by atoms with Crippen LogP contribution in [0.3, 0.4) is 0 Å². The Labute approximate surface area is 104 Å². The number of methoxy groups -OCH3 is 1. The highest BCUT2D eigenvalue weighted by Crippen LogP contribution is 2.35. The molecule has 17 heavy (non-hydrogen) atoms. The predicted molar refractivity (Wildman–Crippen MR) is 67.2 cm³/mol. The minimum atomic E-state index is -0.918. The Kier molecular flexibility index (Phi) is 4.80. The van der Waals surface area contributed by atoms with Crippen LogP contribution in [-0.4, -0.2) is 30.5 Å². The number of hydrogen-bond acceptors (Lipinski definition) is 2. The van der Waals surface area contributed by atoms with Gasteiger partial charge in [-0.2, -0.15) is 0 Å². The summed E-state index contributed by atoms with van der Waals surface area (Å²) in [4.78, 5) is 10.9. The molecule has 0 aromatic carbocycles. The second kappa shape index (κ2) is 5.71. The Morgan fingerprint density at radius 2 is 1.82 bits per heavy atom. The molecule has 0 aromatic heterocycles. The van der Waals surface area contributed by atoms with Crippen LogP contribution in [0.5, 0.6) is 0 Å². The number of hydrogen-bond donors (Lipinski definition) is 2. The molecule has 1 amide bonds. The van der Waals surface area contributed by atoms with Gasteiger partial charge in [-0.1, -0.05) is 20.8 Å². The molecule has 1 aliphatic carbocycles. The second-order valence-electron chi connectivity index (χ2n) is 6.07. The molecule has 1 aliphatic rings. The molecule has 4 nitrogen and oxygen atoms in total. The summed E-state index contributed by atoms with van der Waals surface area (Å²) >= 11 is 0. The molecule has 0 radical (unpaired) electrons. The van der Waals surface area contributed by atoms with Crippen molar-refractivity contribution in [2.45, 2.75) is 58.6 Å². The quantitative estimate of drug-likeness (QED) is 0.801. The van der Waals surface area contributed by atoms with Crippen LogP contribution in [0.2, 0.25) is 0 Å². The zero-order valence-corrected chi connectivity index (χ0v) is 11.3. The lowest BCUT2D eigenvalue weighted by Crippen LogP contribution is -2.49. The number of ether oxygens (including phenoxy) is 1. The Bertz CT molecular complexity index is 252. The third-order valence-corrected chi connectivity index (χ3v) is 3.74. The summed E-state index contributed by atoms with van der Waals surface area (Å²) in [6, 6.07) is 0.0257. The maximum Gasteiger partial charge on any atom is 0.404 e. The lowest BCUT2D eigenvalue weighted by molar-refractivity contribution is 0.0392. The van der Waals surface area contributed by atoms with Crippen molar-refractivity contribution in [3.63, 3.8) is 0 Å². The number of nitrogens with one attached hydrogen (secondary N) is 1. The van der Waals surface area contributed by atoms with Crippen molar-refractivity contribution in [3.05, 3.63) is 0 Å². The number of carbonyl (C=O) groups is 1. The summed E-state index contributed by atoms with van der Waals surface area (Å²) in [6.07, 6.45) is 3.60. The molecule has 1 unspecified atom stereocenters. The van der Waals surface area contributed by atoms with Crippen LogP contribution >= 0.6 is 0 Å². The average Bonchev–Trinajstić information content (AvgIpc) is 2.24. The summed E-state index contributed by atoms with van der Waals surface area (Å²) < 4.78 is 5.35. The highest BCUT2D eigenvalue weighted by atomic mass is 16.5. The van der Waals surface area contributed by atoms with E-state index in [-0.39, 0.29) is 11.5 Å². The van der Waals surface area contributed by atoms with Gasteiger partial charge in [0.25, 0.3) is 0 Å². The highest BCUT2D eigenvalue weighted by Gasteiger charge is 2.35. The Morgan fingerprint density at radius 1 is 1.29 bits per heavy atom. The minimum absolute atomic E-state index is 0.0257. The molecule has 2 N–H and O–H groups in total. The van der Waals surface area contributed by atoms with Gasteiger partial charge in [-0.15, -0.1) is 0 Å². The van der Waals surface area contributed by atoms with Crippen molar-refractivity contribution in [1.82, 2.24) is 5.32 Å². The van der Waals surface area contributed by atoms with Crippen LogP contribution in [0.15, 0.2) is 0 Å². The molecule has 0 aliphatic heterocycles. The van der Waals surface area contributed by atoms with E-state index in [1.807, 2.05) is 0 Å². The van der Waals surface area contributed by atoms with Gasteiger partial charge in [0.15, 0.2) is 0 Å². The molecule has 0 bridgehead atoms. The van der Waals surface area contributed by atoms with Gasteiger partial charge in [0.05, 0.1) is 6.10 Å². The van der Waals surface area contributed by atoms with Gasteiger partial charge in [0.2, 0.25) is 0 Å². The maximum atomic E-state index is 10.9. The summed E-state index contributed by atoms with van der Waals surface area (Å²) in [5, 5.41) is 11.6. The molecule has 1 rings (SSSR count). The third-order valence-electron chi connectivity index (χ3n) is 3.74. The Morgan fingerprint density at radius 3 is 2.18 bits per heavy atom. The summed E-state index contributed by atoms with van der Waals surface area (Å²) in [7, 11) is 1.75. The van der Waals surface area contributed by atoms with Crippen molar-refractivity contribution >= 4 is 6.09 Å². The summed E-state index contributed by atoms with van der Waals surface area (Å²) in [6.45, 7) is 6.28. The summed E-state index contributed by atoms with van der Waals surface area (Å²) in [5.74, 6) is 0.428. The Balaban J connectivity index is 2.62. The van der Waals surface area contributed by atoms with E-state index in [2.05, 4.69) is 26.1 Å².